The van der Waals surface area contributed by atoms with E-state index in [4.69, 9.17) is 0 Å². The predicted molar refractivity (Wildman–Crippen MR) is 77.6 cm³/mol. The summed E-state index contributed by atoms with van der Waals surface area (Å²) in [6.45, 7) is 0. The molecule has 23 heavy (non-hydrogen) atoms. The number of rotatable bonds is 4. The maximum Gasteiger partial charge on any atom is 0.408 e. The summed E-state index contributed by atoms with van der Waals surface area (Å²) >= 11 is 0. The summed E-state index contributed by atoms with van der Waals surface area (Å²) in [6.07, 6.45) is -4.86. The molecular weight excluding hydrogens is 311 g/mol. The first-order chi connectivity index (χ1) is 10.8. The van der Waals surface area contributed by atoms with Crippen molar-refractivity contribution in [2.75, 3.05) is 7.05 Å². The maximum absolute atomic E-state index is 13.2. The van der Waals surface area contributed by atoms with E-state index in [2.05, 4.69) is 5.10 Å². The molecule has 1 atom stereocenters. The number of hydrazone groups is 1. The number of carbonyl (C=O) groups is 2. The molecule has 1 aromatic rings. The summed E-state index contributed by atoms with van der Waals surface area (Å²) in [6, 6.07) is 6.09. The van der Waals surface area contributed by atoms with Gasteiger partial charge < -0.3 is 5.32 Å². The zero-order valence-corrected chi connectivity index (χ0v) is 12.4. The molecule has 0 fully saturated rings. The van der Waals surface area contributed by atoms with E-state index < -0.39 is 18.1 Å². The van der Waals surface area contributed by atoms with Gasteiger partial charge in [-0.15, -0.1) is 0 Å². The van der Waals surface area contributed by atoms with Gasteiger partial charge in [-0.2, -0.15) is 18.3 Å². The molecule has 0 saturated carbocycles. The zero-order valence-electron chi connectivity index (χ0n) is 12.4. The lowest BCUT2D eigenvalue weighted by Crippen LogP contribution is -2.50. The van der Waals surface area contributed by atoms with Crippen molar-refractivity contribution in [1.82, 2.24) is 10.3 Å². The third kappa shape index (κ3) is 4.54. The minimum absolute atomic E-state index is 0.0327. The van der Waals surface area contributed by atoms with Gasteiger partial charge in [-0.1, -0.05) is 30.3 Å². The Morgan fingerprint density at radius 1 is 1.30 bits per heavy atom. The van der Waals surface area contributed by atoms with Crippen LogP contribution in [0.1, 0.15) is 18.4 Å². The Bertz CT molecular complexity index is 614. The predicted octanol–water partition coefficient (Wildman–Crippen LogP) is 1.88. The lowest BCUT2D eigenvalue weighted by molar-refractivity contribution is -0.159. The second kappa shape index (κ2) is 6.80. The van der Waals surface area contributed by atoms with E-state index in [9.17, 15) is 22.8 Å². The van der Waals surface area contributed by atoms with Crippen molar-refractivity contribution < 1.29 is 22.8 Å². The highest BCUT2D eigenvalue weighted by Crippen LogP contribution is 2.23. The molecule has 0 aromatic heterocycles. The summed E-state index contributed by atoms with van der Waals surface area (Å²) in [5, 5.41) is 6.67. The Hall–Kier alpha value is -2.38. The number of carbonyl (C=O) groups excluding carboxylic acids is 2. The van der Waals surface area contributed by atoms with Crippen LogP contribution in [0, 0.1) is 0 Å². The first-order valence-electron chi connectivity index (χ1n) is 7.03. The molecule has 1 N–H and O–H groups in total. The lowest BCUT2D eigenvalue weighted by Gasteiger charge is -2.24. The van der Waals surface area contributed by atoms with E-state index >= 15 is 0 Å². The van der Waals surface area contributed by atoms with Crippen LogP contribution in [0.3, 0.4) is 0 Å². The van der Waals surface area contributed by atoms with E-state index in [0.717, 1.165) is 5.01 Å². The van der Waals surface area contributed by atoms with Crippen LogP contribution in [-0.2, 0) is 16.0 Å². The highest BCUT2D eigenvalue weighted by molar-refractivity contribution is 6.39. The van der Waals surface area contributed by atoms with Crippen molar-refractivity contribution in [3.63, 3.8) is 0 Å². The molecule has 8 heteroatoms. The topological polar surface area (TPSA) is 61.8 Å². The molecule has 2 rings (SSSR count). The molecule has 0 bridgehead atoms. The first kappa shape index (κ1) is 17.0. The largest absolute Gasteiger partial charge is 0.408 e. The highest BCUT2D eigenvalue weighted by Gasteiger charge is 2.41. The van der Waals surface area contributed by atoms with Crippen LogP contribution in [0.25, 0.3) is 0 Å². The van der Waals surface area contributed by atoms with Crippen molar-refractivity contribution in [2.45, 2.75) is 31.5 Å². The molecule has 1 aliphatic heterocycles. The Labute approximate surface area is 131 Å². The molecular formula is C15H16F3N3O2. The van der Waals surface area contributed by atoms with Gasteiger partial charge in [-0.25, -0.2) is 5.01 Å². The van der Waals surface area contributed by atoms with Crippen molar-refractivity contribution in [2.24, 2.45) is 5.10 Å². The highest BCUT2D eigenvalue weighted by atomic mass is 19.4. The molecule has 0 unspecified atom stereocenters. The number of alkyl halides is 3. The fourth-order valence-electron chi connectivity index (χ4n) is 2.17. The van der Waals surface area contributed by atoms with Crippen molar-refractivity contribution in [3.8, 4) is 0 Å². The minimum atomic E-state index is -4.58. The first-order valence-corrected chi connectivity index (χ1v) is 7.03. The zero-order chi connectivity index (χ0) is 17.0. The molecule has 1 aromatic carbocycles. The molecule has 0 saturated heterocycles. The van der Waals surface area contributed by atoms with E-state index in [-0.39, 0.29) is 30.9 Å². The smallest absolute Gasteiger partial charge is 0.339 e. The Morgan fingerprint density at radius 2 is 1.96 bits per heavy atom. The van der Waals surface area contributed by atoms with Crippen LogP contribution in [-0.4, -0.2) is 41.8 Å². The molecule has 124 valence electrons. The summed E-state index contributed by atoms with van der Waals surface area (Å²) in [7, 11) is 1.36. The van der Waals surface area contributed by atoms with Gasteiger partial charge in [0, 0.05) is 26.3 Å². The van der Waals surface area contributed by atoms with Gasteiger partial charge in [0.05, 0.1) is 0 Å². The molecule has 2 amide bonds. The summed E-state index contributed by atoms with van der Waals surface area (Å²) < 4.78 is 39.5. The van der Waals surface area contributed by atoms with Crippen LogP contribution < -0.4 is 5.32 Å². The normalized spacial score (nSPS) is 16.8. The van der Waals surface area contributed by atoms with E-state index in [1.54, 1.807) is 30.3 Å². The van der Waals surface area contributed by atoms with E-state index in [1.165, 1.54) is 7.05 Å². The standard InChI is InChI=1S/C15H16F3N3O2/c1-21-13(22)8-7-11(20-21)14(23)19-12(15(16,17)18)9-10-5-3-2-4-6-10/h2-6,12H,7-9H2,1H3,(H,19,23)/t12-/m1/s1. The number of hydrogen-bond donors (Lipinski definition) is 1. The van der Waals surface area contributed by atoms with Gasteiger partial charge in [0.25, 0.3) is 5.91 Å². The number of nitrogens with zero attached hydrogens (tertiary/aromatic N) is 2. The average Bonchev–Trinajstić information content (AvgIpc) is 2.49. The second-order valence-corrected chi connectivity index (χ2v) is 5.22. The Kier molecular flexibility index (Phi) is 5.02. The van der Waals surface area contributed by atoms with Crippen LogP contribution >= 0.6 is 0 Å². The van der Waals surface area contributed by atoms with Gasteiger partial charge in [-0.3, -0.25) is 9.59 Å². The van der Waals surface area contributed by atoms with Gasteiger partial charge in [0.1, 0.15) is 11.8 Å². The van der Waals surface area contributed by atoms with Crippen LogP contribution in [0.2, 0.25) is 0 Å². The third-order valence-corrected chi connectivity index (χ3v) is 3.45. The van der Waals surface area contributed by atoms with Crippen LogP contribution in [0.5, 0.6) is 0 Å². The van der Waals surface area contributed by atoms with Crippen molar-refractivity contribution >= 4 is 17.5 Å². The second-order valence-electron chi connectivity index (χ2n) is 5.22. The SMILES string of the molecule is CN1N=C(C(=O)N[C@H](Cc2ccccc2)C(F)(F)F)CCC1=O. The number of halogens is 3. The summed E-state index contributed by atoms with van der Waals surface area (Å²) in [4.78, 5) is 23.3. The molecule has 1 heterocycles. The fourth-order valence-corrected chi connectivity index (χ4v) is 2.17. The fraction of sp³-hybridized carbons (Fsp3) is 0.400. The van der Waals surface area contributed by atoms with Gasteiger partial charge in [-0.05, 0) is 5.56 Å². The molecule has 0 radical (unpaired) electrons. The van der Waals surface area contributed by atoms with Crippen molar-refractivity contribution in [1.29, 1.82) is 0 Å². The van der Waals surface area contributed by atoms with E-state index in [1.807, 2.05) is 5.32 Å². The minimum Gasteiger partial charge on any atom is -0.339 e. The number of hydrogen-bond acceptors (Lipinski definition) is 3. The van der Waals surface area contributed by atoms with Gasteiger partial charge in [0.2, 0.25) is 5.91 Å². The molecule has 1 aliphatic rings. The molecule has 0 aliphatic carbocycles. The monoisotopic (exact) mass is 327 g/mol. The number of amides is 2. The number of benzene rings is 1. The quantitative estimate of drug-likeness (QED) is 0.918. The van der Waals surface area contributed by atoms with Gasteiger partial charge in [0.15, 0.2) is 0 Å². The Balaban J connectivity index is 2.10. The van der Waals surface area contributed by atoms with Crippen molar-refractivity contribution in [3.05, 3.63) is 35.9 Å². The summed E-state index contributed by atoms with van der Waals surface area (Å²) in [5.41, 5.74) is 0.391. The average molecular weight is 327 g/mol. The van der Waals surface area contributed by atoms with Gasteiger partial charge >= 0.3 is 6.18 Å². The maximum atomic E-state index is 13.2. The van der Waals surface area contributed by atoms with E-state index in [0.29, 0.717) is 5.56 Å². The van der Waals surface area contributed by atoms with Crippen LogP contribution in [0.4, 0.5) is 13.2 Å². The summed E-state index contributed by atoms with van der Waals surface area (Å²) in [5.74, 6) is -1.18. The molecule has 5 nitrogen and oxygen atoms in total. The Morgan fingerprint density at radius 3 is 2.52 bits per heavy atom. The molecule has 0 spiro atoms. The third-order valence-electron chi connectivity index (χ3n) is 3.45. The number of nitrogens with one attached hydrogen (secondary N) is 1. The lowest BCUT2D eigenvalue weighted by atomic mass is 10.0. The van der Waals surface area contributed by atoms with Crippen LogP contribution in [0.15, 0.2) is 35.4 Å².